The molecule has 0 spiro atoms. The number of unbranched alkanes of at least 4 members (excludes halogenated alkanes) is 1. The van der Waals surface area contributed by atoms with Crippen molar-refractivity contribution >= 4 is 27.5 Å². The van der Waals surface area contributed by atoms with E-state index in [2.05, 4.69) is 44.2 Å². The van der Waals surface area contributed by atoms with Crippen molar-refractivity contribution in [2.75, 3.05) is 0 Å². The molecule has 0 radical (unpaired) electrons. The summed E-state index contributed by atoms with van der Waals surface area (Å²) in [4.78, 5) is 12.1. The number of carbonyl (C=O) groups is 1. The molecule has 0 amide bonds. The molecule has 0 aliphatic carbocycles. The van der Waals surface area contributed by atoms with E-state index < -0.39 is 0 Å². The Balaban J connectivity index is 2.17. The summed E-state index contributed by atoms with van der Waals surface area (Å²) in [5.41, 5.74) is 1.16. The number of rotatable bonds is 4. The van der Waals surface area contributed by atoms with Crippen LogP contribution >= 0.6 is 0 Å². The number of esters is 1. The Morgan fingerprint density at radius 1 is 1.00 bits per heavy atom. The Morgan fingerprint density at radius 3 is 2.59 bits per heavy atom. The van der Waals surface area contributed by atoms with Gasteiger partial charge in [-0.2, -0.15) is 0 Å². The van der Waals surface area contributed by atoms with Crippen molar-refractivity contribution in [1.82, 2.24) is 0 Å². The predicted octanol–water partition coefficient (Wildman–Crippen LogP) is 5.40. The Hall–Kier alpha value is -2.35. The van der Waals surface area contributed by atoms with E-state index in [9.17, 15) is 4.79 Å². The lowest BCUT2D eigenvalue weighted by molar-refractivity contribution is -0.134. The molecular weight excluding hydrogens is 272 g/mol. The summed E-state index contributed by atoms with van der Waals surface area (Å²) >= 11 is 0. The molecule has 22 heavy (non-hydrogen) atoms. The molecule has 2 heteroatoms. The summed E-state index contributed by atoms with van der Waals surface area (Å²) in [7, 11) is 0. The molecule has 3 aromatic rings. The Labute approximate surface area is 130 Å². The lowest BCUT2D eigenvalue weighted by Crippen LogP contribution is -2.08. The highest BCUT2D eigenvalue weighted by Gasteiger charge is 2.12. The molecule has 0 aromatic heterocycles. The average Bonchev–Trinajstić information content (AvgIpc) is 2.53. The average molecular weight is 292 g/mol. The summed E-state index contributed by atoms with van der Waals surface area (Å²) in [6.45, 7) is 4.13. The first-order valence-corrected chi connectivity index (χ1v) is 7.82. The maximum Gasteiger partial charge on any atom is 0.311 e. The van der Waals surface area contributed by atoms with E-state index in [4.69, 9.17) is 4.74 Å². The molecule has 112 valence electrons. The molecule has 0 unspecified atom stereocenters. The molecule has 0 N–H and O–H groups in total. The fourth-order valence-electron chi connectivity index (χ4n) is 2.73. The van der Waals surface area contributed by atoms with Gasteiger partial charge in [0.05, 0.1) is 0 Å². The van der Waals surface area contributed by atoms with Crippen molar-refractivity contribution in [3.63, 3.8) is 0 Å². The van der Waals surface area contributed by atoms with Gasteiger partial charge < -0.3 is 4.74 Å². The van der Waals surface area contributed by atoms with Crippen LogP contribution in [0.1, 0.15) is 31.7 Å². The van der Waals surface area contributed by atoms with Gasteiger partial charge >= 0.3 is 5.97 Å². The van der Waals surface area contributed by atoms with Crippen LogP contribution in [-0.4, -0.2) is 5.97 Å². The number of carbonyl (C=O) groups excluding carboxylic acids is 1. The van der Waals surface area contributed by atoms with Crippen LogP contribution in [0.3, 0.4) is 0 Å². The highest BCUT2D eigenvalue weighted by molar-refractivity contribution is 6.06. The van der Waals surface area contributed by atoms with Gasteiger partial charge in [-0.15, -0.1) is 0 Å². The second-order valence-electron chi connectivity index (χ2n) is 5.73. The maximum absolute atomic E-state index is 12.1. The van der Waals surface area contributed by atoms with Gasteiger partial charge in [0, 0.05) is 17.2 Å². The number of ether oxygens (including phenoxy) is 1. The maximum atomic E-state index is 12.1. The van der Waals surface area contributed by atoms with E-state index in [1.807, 2.05) is 18.2 Å². The molecule has 3 aromatic carbocycles. The summed E-state index contributed by atoms with van der Waals surface area (Å²) in [6.07, 6.45) is 2.32. The normalized spacial score (nSPS) is 11.0. The zero-order valence-corrected chi connectivity index (χ0v) is 13.1. The van der Waals surface area contributed by atoms with Gasteiger partial charge in [-0.3, -0.25) is 4.79 Å². The Bertz CT molecular complexity index is 834. The van der Waals surface area contributed by atoms with Gasteiger partial charge in [0.15, 0.2) is 0 Å². The zero-order valence-electron chi connectivity index (χ0n) is 13.1. The Morgan fingerprint density at radius 2 is 1.77 bits per heavy atom. The first kappa shape index (κ1) is 14.6. The minimum atomic E-state index is -0.152. The second-order valence-corrected chi connectivity index (χ2v) is 5.73. The smallest absolute Gasteiger partial charge is 0.311 e. The van der Waals surface area contributed by atoms with Crippen LogP contribution in [0.2, 0.25) is 0 Å². The highest BCUT2D eigenvalue weighted by atomic mass is 16.5. The van der Waals surface area contributed by atoms with Gasteiger partial charge in [0.1, 0.15) is 5.75 Å². The summed E-state index contributed by atoms with van der Waals surface area (Å²) in [6, 6.07) is 16.5. The molecule has 3 rings (SSSR count). The lowest BCUT2D eigenvalue weighted by atomic mass is 10.0. The summed E-state index contributed by atoms with van der Waals surface area (Å²) in [5.74, 6) is 0.541. The van der Waals surface area contributed by atoms with Crippen LogP contribution in [0.15, 0.2) is 48.5 Å². The van der Waals surface area contributed by atoms with Gasteiger partial charge in [0.25, 0.3) is 0 Å². The summed E-state index contributed by atoms with van der Waals surface area (Å²) in [5, 5.41) is 4.19. The molecule has 0 fully saturated rings. The van der Waals surface area contributed by atoms with E-state index in [1.54, 1.807) is 0 Å². The van der Waals surface area contributed by atoms with E-state index in [1.165, 1.54) is 0 Å². The Kier molecular flexibility index (Phi) is 4.10. The molecule has 2 nitrogen and oxygen atoms in total. The van der Waals surface area contributed by atoms with Crippen LogP contribution in [0.25, 0.3) is 21.5 Å². The molecular formula is C20H20O2. The van der Waals surface area contributed by atoms with Crippen LogP contribution in [0.5, 0.6) is 5.75 Å². The topological polar surface area (TPSA) is 26.3 Å². The number of benzene rings is 3. The fourth-order valence-corrected chi connectivity index (χ4v) is 2.73. The van der Waals surface area contributed by atoms with Gasteiger partial charge in [-0.25, -0.2) is 0 Å². The number of hydrogen-bond donors (Lipinski definition) is 0. The van der Waals surface area contributed by atoms with E-state index >= 15 is 0 Å². The number of hydrogen-bond acceptors (Lipinski definition) is 2. The standard InChI is InChI=1S/C20H20O2/c1-3-4-9-19(21)22-20-17-8-6-5-7-15(17)13-16-11-10-14(2)12-18(16)20/h5-8,10-13H,3-4,9H2,1-2H3. The van der Waals surface area contributed by atoms with Crippen molar-refractivity contribution in [3.8, 4) is 5.75 Å². The monoisotopic (exact) mass is 292 g/mol. The van der Waals surface area contributed by atoms with Crippen molar-refractivity contribution in [3.05, 3.63) is 54.1 Å². The van der Waals surface area contributed by atoms with Crippen LogP contribution in [-0.2, 0) is 4.79 Å². The van der Waals surface area contributed by atoms with Crippen LogP contribution < -0.4 is 4.74 Å². The molecule has 0 aliphatic rings. The predicted molar refractivity (Wildman–Crippen MR) is 91.4 cm³/mol. The third kappa shape index (κ3) is 2.82. The number of aryl methyl sites for hydroxylation is 1. The first-order chi connectivity index (χ1) is 10.7. The van der Waals surface area contributed by atoms with Crippen LogP contribution in [0.4, 0.5) is 0 Å². The molecule has 0 saturated carbocycles. The van der Waals surface area contributed by atoms with Crippen LogP contribution in [0, 0.1) is 6.92 Å². The molecule has 0 bridgehead atoms. The van der Waals surface area contributed by atoms with Crippen molar-refractivity contribution < 1.29 is 9.53 Å². The summed E-state index contributed by atoms with van der Waals surface area (Å²) < 4.78 is 5.76. The lowest BCUT2D eigenvalue weighted by Gasteiger charge is -2.12. The van der Waals surface area contributed by atoms with E-state index in [0.717, 1.165) is 39.9 Å². The van der Waals surface area contributed by atoms with Gasteiger partial charge in [-0.05, 0) is 36.2 Å². The second kappa shape index (κ2) is 6.18. The highest BCUT2D eigenvalue weighted by Crippen LogP contribution is 2.35. The third-order valence-electron chi connectivity index (χ3n) is 3.92. The molecule has 0 saturated heterocycles. The van der Waals surface area contributed by atoms with Crippen molar-refractivity contribution in [1.29, 1.82) is 0 Å². The zero-order chi connectivity index (χ0) is 15.5. The SMILES string of the molecule is CCCCC(=O)Oc1c2ccccc2cc2ccc(C)cc12. The third-order valence-corrected chi connectivity index (χ3v) is 3.92. The molecule has 0 aliphatic heterocycles. The fraction of sp³-hybridized carbons (Fsp3) is 0.250. The molecule has 0 atom stereocenters. The van der Waals surface area contributed by atoms with Crippen molar-refractivity contribution in [2.45, 2.75) is 33.1 Å². The largest absolute Gasteiger partial charge is 0.425 e. The minimum absolute atomic E-state index is 0.152. The van der Waals surface area contributed by atoms with Gasteiger partial charge in [-0.1, -0.05) is 55.3 Å². The van der Waals surface area contributed by atoms with Crippen molar-refractivity contribution in [2.24, 2.45) is 0 Å². The number of fused-ring (bicyclic) bond motifs is 2. The first-order valence-electron chi connectivity index (χ1n) is 7.82. The van der Waals surface area contributed by atoms with E-state index in [0.29, 0.717) is 12.2 Å². The quantitative estimate of drug-likeness (QED) is 0.366. The van der Waals surface area contributed by atoms with Gasteiger partial charge in [0.2, 0.25) is 0 Å². The molecule has 0 heterocycles. The van der Waals surface area contributed by atoms with E-state index in [-0.39, 0.29) is 5.97 Å². The minimum Gasteiger partial charge on any atom is -0.425 e.